The van der Waals surface area contributed by atoms with E-state index in [0.29, 0.717) is 17.8 Å². The molecular formula is C12H20N2O. The second kappa shape index (κ2) is 4.65. The molecule has 0 heterocycles. The molecule has 1 rings (SSSR count). The minimum Gasteiger partial charge on any atom is -0.354 e. The minimum absolute atomic E-state index is 0.105. The lowest BCUT2D eigenvalue weighted by atomic mass is 9.92. The molecule has 0 saturated heterocycles. The summed E-state index contributed by atoms with van der Waals surface area (Å²) in [7, 11) is 0. The van der Waals surface area contributed by atoms with Gasteiger partial charge in [-0.3, -0.25) is 4.79 Å². The number of hydrogen-bond donors (Lipinski definition) is 1. The van der Waals surface area contributed by atoms with E-state index >= 15 is 0 Å². The van der Waals surface area contributed by atoms with Gasteiger partial charge in [-0.05, 0) is 30.6 Å². The lowest BCUT2D eigenvalue weighted by molar-refractivity contribution is -0.123. The average Bonchev–Trinajstić information content (AvgIpc) is 2.97. The number of nitrogens with one attached hydrogen (secondary N) is 1. The van der Waals surface area contributed by atoms with E-state index in [4.69, 9.17) is 5.26 Å². The third-order valence-corrected chi connectivity index (χ3v) is 3.61. The van der Waals surface area contributed by atoms with Crippen molar-refractivity contribution < 1.29 is 4.79 Å². The van der Waals surface area contributed by atoms with E-state index in [1.807, 2.05) is 13.0 Å². The van der Waals surface area contributed by atoms with Crippen LogP contribution in [0.25, 0.3) is 0 Å². The molecule has 0 radical (unpaired) electrons. The van der Waals surface area contributed by atoms with Gasteiger partial charge < -0.3 is 5.32 Å². The lowest BCUT2D eigenvalue weighted by Gasteiger charge is -2.20. The summed E-state index contributed by atoms with van der Waals surface area (Å²) < 4.78 is 0. The van der Waals surface area contributed by atoms with Crippen molar-refractivity contribution in [3.63, 3.8) is 0 Å². The topological polar surface area (TPSA) is 52.9 Å². The summed E-state index contributed by atoms with van der Waals surface area (Å²) >= 11 is 0. The molecule has 0 aromatic rings. The zero-order chi connectivity index (χ0) is 11.5. The molecule has 3 nitrogen and oxygen atoms in total. The first-order chi connectivity index (χ1) is 7.05. The normalized spacial score (nSPS) is 19.4. The molecule has 3 heteroatoms. The SMILES string of the molecule is CCC(C#N)C(=O)NCC1(C(C)C)CC1. The van der Waals surface area contributed by atoms with Crippen molar-refractivity contribution in [2.45, 2.75) is 40.0 Å². The van der Waals surface area contributed by atoms with Gasteiger partial charge in [-0.2, -0.15) is 5.26 Å². The van der Waals surface area contributed by atoms with Crippen molar-refractivity contribution in [1.82, 2.24) is 5.32 Å². The fourth-order valence-electron chi connectivity index (χ4n) is 1.84. The van der Waals surface area contributed by atoms with Crippen molar-refractivity contribution in [3.8, 4) is 6.07 Å². The summed E-state index contributed by atoms with van der Waals surface area (Å²) in [6.07, 6.45) is 3.00. The van der Waals surface area contributed by atoms with Crippen molar-refractivity contribution in [1.29, 1.82) is 5.26 Å². The number of carbonyl (C=O) groups excluding carboxylic acids is 1. The smallest absolute Gasteiger partial charge is 0.237 e. The maximum absolute atomic E-state index is 11.6. The number of amides is 1. The molecular weight excluding hydrogens is 188 g/mol. The predicted octanol–water partition coefficient (Wildman–Crippen LogP) is 2.09. The zero-order valence-electron chi connectivity index (χ0n) is 9.84. The molecule has 0 aromatic carbocycles. The molecule has 84 valence electrons. The Balaban J connectivity index is 2.38. The first-order valence-electron chi connectivity index (χ1n) is 5.73. The Labute approximate surface area is 91.9 Å². The Morgan fingerprint density at radius 1 is 1.53 bits per heavy atom. The Morgan fingerprint density at radius 2 is 2.13 bits per heavy atom. The van der Waals surface area contributed by atoms with Crippen LogP contribution in [0.2, 0.25) is 0 Å². The molecule has 1 fully saturated rings. The molecule has 0 spiro atoms. The van der Waals surface area contributed by atoms with Gasteiger partial charge in [0.1, 0.15) is 5.92 Å². The van der Waals surface area contributed by atoms with Crippen molar-refractivity contribution >= 4 is 5.91 Å². The van der Waals surface area contributed by atoms with Crippen LogP contribution in [-0.4, -0.2) is 12.5 Å². The van der Waals surface area contributed by atoms with Crippen LogP contribution in [-0.2, 0) is 4.79 Å². The number of hydrogen-bond acceptors (Lipinski definition) is 2. The Morgan fingerprint density at radius 3 is 2.47 bits per heavy atom. The average molecular weight is 208 g/mol. The molecule has 0 aliphatic heterocycles. The molecule has 1 amide bonds. The van der Waals surface area contributed by atoms with Gasteiger partial charge in [-0.25, -0.2) is 0 Å². The van der Waals surface area contributed by atoms with E-state index in [1.54, 1.807) is 0 Å². The largest absolute Gasteiger partial charge is 0.354 e. The lowest BCUT2D eigenvalue weighted by Crippen LogP contribution is -2.36. The summed E-state index contributed by atoms with van der Waals surface area (Å²) in [6.45, 7) is 6.99. The second-order valence-electron chi connectivity index (χ2n) is 4.82. The van der Waals surface area contributed by atoms with E-state index in [1.165, 1.54) is 12.8 Å². The van der Waals surface area contributed by atoms with Crippen LogP contribution < -0.4 is 5.32 Å². The number of nitriles is 1. The molecule has 1 aliphatic rings. The van der Waals surface area contributed by atoms with Crippen LogP contribution in [0.4, 0.5) is 0 Å². The number of nitrogens with zero attached hydrogens (tertiary/aromatic N) is 1. The fourth-order valence-corrected chi connectivity index (χ4v) is 1.84. The van der Waals surface area contributed by atoms with Crippen molar-refractivity contribution in [3.05, 3.63) is 0 Å². The Hall–Kier alpha value is -1.04. The zero-order valence-corrected chi connectivity index (χ0v) is 9.84. The standard InChI is InChI=1S/C12H20N2O/c1-4-10(7-13)11(15)14-8-12(5-6-12)9(2)3/h9-10H,4-6,8H2,1-3H3,(H,14,15). The Kier molecular flexibility index (Phi) is 3.73. The van der Waals surface area contributed by atoms with Crippen LogP contribution in [0.3, 0.4) is 0 Å². The van der Waals surface area contributed by atoms with Gasteiger partial charge in [0.05, 0.1) is 6.07 Å². The highest BCUT2D eigenvalue weighted by Crippen LogP contribution is 2.51. The van der Waals surface area contributed by atoms with Gasteiger partial charge in [0.15, 0.2) is 0 Å². The van der Waals surface area contributed by atoms with Gasteiger partial charge in [0.25, 0.3) is 0 Å². The number of carbonyl (C=O) groups is 1. The third-order valence-electron chi connectivity index (χ3n) is 3.61. The first-order valence-corrected chi connectivity index (χ1v) is 5.73. The summed E-state index contributed by atoms with van der Waals surface area (Å²) in [6, 6.07) is 2.03. The molecule has 0 aromatic heterocycles. The minimum atomic E-state index is -0.479. The van der Waals surface area contributed by atoms with Gasteiger partial charge in [0.2, 0.25) is 5.91 Å². The second-order valence-corrected chi connectivity index (χ2v) is 4.82. The van der Waals surface area contributed by atoms with Crippen LogP contribution in [0.15, 0.2) is 0 Å². The van der Waals surface area contributed by atoms with Crippen molar-refractivity contribution in [2.24, 2.45) is 17.3 Å². The van der Waals surface area contributed by atoms with Gasteiger partial charge in [-0.15, -0.1) is 0 Å². The van der Waals surface area contributed by atoms with E-state index < -0.39 is 5.92 Å². The molecule has 1 unspecified atom stereocenters. The molecule has 1 saturated carbocycles. The van der Waals surface area contributed by atoms with E-state index in [2.05, 4.69) is 19.2 Å². The predicted molar refractivity (Wildman–Crippen MR) is 58.9 cm³/mol. The highest BCUT2D eigenvalue weighted by Gasteiger charge is 2.45. The van der Waals surface area contributed by atoms with Crippen LogP contribution in [0.1, 0.15) is 40.0 Å². The van der Waals surface area contributed by atoms with E-state index in [-0.39, 0.29) is 5.91 Å². The fraction of sp³-hybridized carbons (Fsp3) is 0.833. The van der Waals surface area contributed by atoms with Gasteiger partial charge >= 0.3 is 0 Å². The monoisotopic (exact) mass is 208 g/mol. The highest BCUT2D eigenvalue weighted by atomic mass is 16.1. The quantitative estimate of drug-likeness (QED) is 0.752. The summed E-state index contributed by atoms with van der Waals surface area (Å²) in [5, 5.41) is 11.6. The first kappa shape index (κ1) is 12.0. The molecule has 1 N–H and O–H groups in total. The Bertz CT molecular complexity index is 274. The van der Waals surface area contributed by atoms with Gasteiger partial charge in [-0.1, -0.05) is 20.8 Å². The highest BCUT2D eigenvalue weighted by molar-refractivity contribution is 5.81. The van der Waals surface area contributed by atoms with Crippen LogP contribution in [0.5, 0.6) is 0 Å². The molecule has 15 heavy (non-hydrogen) atoms. The van der Waals surface area contributed by atoms with Crippen molar-refractivity contribution in [2.75, 3.05) is 6.54 Å². The van der Waals surface area contributed by atoms with E-state index in [9.17, 15) is 4.79 Å². The molecule has 0 bridgehead atoms. The molecule has 1 aliphatic carbocycles. The number of rotatable bonds is 5. The summed E-state index contributed by atoms with van der Waals surface area (Å²) in [5.74, 6) is 0.0276. The summed E-state index contributed by atoms with van der Waals surface area (Å²) in [4.78, 5) is 11.6. The summed E-state index contributed by atoms with van der Waals surface area (Å²) in [5.41, 5.74) is 0.323. The third kappa shape index (κ3) is 2.71. The van der Waals surface area contributed by atoms with E-state index in [0.717, 1.165) is 6.54 Å². The maximum atomic E-state index is 11.6. The van der Waals surface area contributed by atoms with Crippen LogP contribution in [0, 0.1) is 28.6 Å². The van der Waals surface area contributed by atoms with Crippen LogP contribution >= 0.6 is 0 Å². The maximum Gasteiger partial charge on any atom is 0.237 e. The molecule has 1 atom stereocenters. The van der Waals surface area contributed by atoms with Gasteiger partial charge in [0, 0.05) is 6.54 Å².